The predicted molar refractivity (Wildman–Crippen MR) is 116 cm³/mol. The molecule has 0 aromatic heterocycles. The predicted octanol–water partition coefficient (Wildman–Crippen LogP) is 5.51. The Hall–Kier alpha value is -4.08. The molecule has 34 heavy (non-hydrogen) atoms. The molecule has 0 unspecified atom stereocenters. The molecule has 1 aliphatic heterocycles. The van der Waals surface area contributed by atoms with Gasteiger partial charge in [-0.3, -0.25) is 9.59 Å². The summed E-state index contributed by atoms with van der Waals surface area (Å²) in [5.74, 6) is -1.25. The molecule has 0 atom stereocenters. The van der Waals surface area contributed by atoms with E-state index < -0.39 is 35.1 Å². The third-order valence-electron chi connectivity index (χ3n) is 4.95. The lowest BCUT2D eigenvalue weighted by molar-refractivity contribution is -0.136. The van der Waals surface area contributed by atoms with Gasteiger partial charge in [0.15, 0.2) is 11.5 Å². The van der Waals surface area contributed by atoms with Crippen LogP contribution in [0.25, 0.3) is 0 Å². The third kappa shape index (κ3) is 5.28. The van der Waals surface area contributed by atoms with Crippen LogP contribution in [-0.2, 0) is 6.18 Å². The van der Waals surface area contributed by atoms with Gasteiger partial charge in [-0.2, -0.15) is 13.2 Å². The van der Waals surface area contributed by atoms with Crippen LogP contribution in [0.2, 0.25) is 0 Å². The molecular weight excluding hydrogens is 456 g/mol. The quantitative estimate of drug-likeness (QED) is 0.489. The van der Waals surface area contributed by atoms with Gasteiger partial charge in [0.2, 0.25) is 0 Å². The first kappa shape index (κ1) is 23.1. The number of benzene rings is 3. The number of hydrogen-bond acceptors (Lipinski definition) is 4. The van der Waals surface area contributed by atoms with Crippen molar-refractivity contribution in [3.63, 3.8) is 0 Å². The second-order valence-electron chi connectivity index (χ2n) is 7.39. The second kappa shape index (κ2) is 9.42. The van der Waals surface area contributed by atoms with E-state index in [1.165, 1.54) is 36.4 Å². The number of nitrogens with one attached hydrogen (secondary N) is 2. The van der Waals surface area contributed by atoms with Crippen LogP contribution < -0.4 is 20.1 Å². The summed E-state index contributed by atoms with van der Waals surface area (Å²) in [6, 6.07) is 11.9. The lowest BCUT2D eigenvalue weighted by atomic mass is 10.1. The minimum Gasteiger partial charge on any atom is -0.490 e. The molecule has 0 bridgehead atoms. The summed E-state index contributed by atoms with van der Waals surface area (Å²) < 4.78 is 65.2. The summed E-state index contributed by atoms with van der Waals surface area (Å²) in [4.78, 5) is 24.9. The monoisotopic (exact) mass is 474 g/mol. The summed E-state index contributed by atoms with van der Waals surface area (Å²) in [6.45, 7) is 0.846. The molecule has 0 saturated carbocycles. The fraction of sp³-hybridized carbons (Fsp3) is 0.167. The average Bonchev–Trinajstić information content (AvgIpc) is 3.04. The number of carbonyl (C=O) groups excluding carboxylic acids is 2. The Bertz CT molecular complexity index is 1230. The van der Waals surface area contributed by atoms with Crippen molar-refractivity contribution in [2.45, 2.75) is 12.6 Å². The van der Waals surface area contributed by atoms with Gasteiger partial charge >= 0.3 is 6.18 Å². The average molecular weight is 474 g/mol. The molecule has 176 valence electrons. The van der Waals surface area contributed by atoms with Crippen molar-refractivity contribution in [1.82, 2.24) is 0 Å². The Labute approximate surface area is 191 Å². The van der Waals surface area contributed by atoms with Gasteiger partial charge in [0.1, 0.15) is 5.82 Å². The highest BCUT2D eigenvalue weighted by atomic mass is 19.4. The van der Waals surface area contributed by atoms with Crippen LogP contribution in [0, 0.1) is 5.82 Å². The van der Waals surface area contributed by atoms with Crippen LogP contribution in [0.4, 0.5) is 28.9 Å². The molecular formula is C24H18F4N2O4. The van der Waals surface area contributed by atoms with E-state index in [1.54, 1.807) is 0 Å². The minimum atomic E-state index is -4.82. The van der Waals surface area contributed by atoms with E-state index in [-0.39, 0.29) is 16.8 Å². The molecule has 2 amide bonds. The molecule has 1 heterocycles. The van der Waals surface area contributed by atoms with Gasteiger partial charge in [-0.1, -0.05) is 0 Å². The number of amides is 2. The SMILES string of the molecule is O=C(Nc1ccc(NC(=O)c2ccc3c(c2)OCCCO3)c(C(F)(F)F)c1)c1ccc(F)cc1. The lowest BCUT2D eigenvalue weighted by Gasteiger charge is -2.16. The number of rotatable bonds is 4. The number of hydrogen-bond donors (Lipinski definition) is 2. The molecule has 0 radical (unpaired) electrons. The van der Waals surface area contributed by atoms with Crippen molar-refractivity contribution in [2.24, 2.45) is 0 Å². The fourth-order valence-corrected chi connectivity index (χ4v) is 3.27. The highest BCUT2D eigenvalue weighted by Crippen LogP contribution is 2.37. The van der Waals surface area contributed by atoms with E-state index in [9.17, 15) is 27.2 Å². The molecule has 0 saturated heterocycles. The summed E-state index contributed by atoms with van der Waals surface area (Å²) in [6.07, 6.45) is -4.15. The van der Waals surface area contributed by atoms with Crippen LogP contribution in [0.3, 0.4) is 0 Å². The van der Waals surface area contributed by atoms with Crippen molar-refractivity contribution in [2.75, 3.05) is 23.8 Å². The number of carbonyl (C=O) groups is 2. The lowest BCUT2D eigenvalue weighted by Crippen LogP contribution is -2.18. The van der Waals surface area contributed by atoms with Gasteiger partial charge in [-0.05, 0) is 60.7 Å². The van der Waals surface area contributed by atoms with Gasteiger partial charge in [-0.15, -0.1) is 0 Å². The molecule has 0 fully saturated rings. The first-order chi connectivity index (χ1) is 16.2. The Morgan fingerprint density at radius 1 is 0.765 bits per heavy atom. The number of halogens is 4. The van der Waals surface area contributed by atoms with Crippen LogP contribution in [0.15, 0.2) is 60.7 Å². The zero-order valence-electron chi connectivity index (χ0n) is 17.5. The molecule has 3 aromatic carbocycles. The Balaban J connectivity index is 1.56. The van der Waals surface area contributed by atoms with Gasteiger partial charge in [0, 0.05) is 23.2 Å². The maximum absolute atomic E-state index is 13.7. The molecule has 2 N–H and O–H groups in total. The maximum atomic E-state index is 13.7. The van der Waals surface area contributed by atoms with E-state index in [4.69, 9.17) is 9.47 Å². The van der Waals surface area contributed by atoms with Crippen molar-refractivity contribution < 1.29 is 36.6 Å². The van der Waals surface area contributed by atoms with Crippen molar-refractivity contribution in [1.29, 1.82) is 0 Å². The van der Waals surface area contributed by atoms with Crippen LogP contribution in [0.5, 0.6) is 11.5 Å². The summed E-state index contributed by atoms with van der Waals surface area (Å²) in [5, 5.41) is 4.60. The van der Waals surface area contributed by atoms with Gasteiger partial charge < -0.3 is 20.1 Å². The number of ether oxygens (including phenoxy) is 2. The molecule has 4 rings (SSSR count). The Kier molecular flexibility index (Phi) is 6.40. The first-order valence-corrected chi connectivity index (χ1v) is 10.2. The fourth-order valence-electron chi connectivity index (χ4n) is 3.27. The molecule has 1 aliphatic rings. The molecule has 0 spiro atoms. The standard InChI is InChI=1S/C24H18F4N2O4/c25-16-5-2-14(3-6-16)22(31)29-17-7-8-19(18(13-17)24(26,27)28)30-23(32)15-4-9-20-21(12-15)34-11-1-10-33-20/h2-9,12-13H,1,10-11H2,(H,29,31)(H,30,32). The zero-order chi connectivity index (χ0) is 24.3. The topological polar surface area (TPSA) is 76.7 Å². The molecule has 6 nitrogen and oxygen atoms in total. The molecule has 3 aromatic rings. The third-order valence-corrected chi connectivity index (χ3v) is 4.95. The van der Waals surface area contributed by atoms with E-state index in [0.29, 0.717) is 37.2 Å². The van der Waals surface area contributed by atoms with Crippen LogP contribution in [0.1, 0.15) is 32.7 Å². The first-order valence-electron chi connectivity index (χ1n) is 10.2. The normalized spacial score (nSPS) is 13.1. The van der Waals surface area contributed by atoms with Gasteiger partial charge in [0.25, 0.3) is 11.8 Å². The second-order valence-corrected chi connectivity index (χ2v) is 7.39. The summed E-state index contributed by atoms with van der Waals surface area (Å²) >= 11 is 0. The van der Waals surface area contributed by atoms with Crippen molar-refractivity contribution >= 4 is 23.2 Å². The molecule has 10 heteroatoms. The number of fused-ring (bicyclic) bond motifs is 1. The smallest absolute Gasteiger partial charge is 0.418 e. The largest absolute Gasteiger partial charge is 0.490 e. The molecule has 0 aliphatic carbocycles. The maximum Gasteiger partial charge on any atom is 0.418 e. The summed E-state index contributed by atoms with van der Waals surface area (Å²) in [5.41, 5.74) is -1.61. The van der Waals surface area contributed by atoms with E-state index >= 15 is 0 Å². The Morgan fingerprint density at radius 2 is 1.41 bits per heavy atom. The van der Waals surface area contributed by atoms with Crippen LogP contribution >= 0.6 is 0 Å². The summed E-state index contributed by atoms with van der Waals surface area (Å²) in [7, 11) is 0. The number of anilines is 2. The highest BCUT2D eigenvalue weighted by molar-refractivity contribution is 6.06. The van der Waals surface area contributed by atoms with Crippen molar-refractivity contribution in [3.05, 3.63) is 83.2 Å². The van der Waals surface area contributed by atoms with Gasteiger partial charge in [0.05, 0.1) is 24.5 Å². The van der Waals surface area contributed by atoms with E-state index in [1.807, 2.05) is 0 Å². The minimum absolute atomic E-state index is 0.0711. The Morgan fingerprint density at radius 3 is 2.12 bits per heavy atom. The zero-order valence-corrected chi connectivity index (χ0v) is 17.5. The van der Waals surface area contributed by atoms with Crippen molar-refractivity contribution in [3.8, 4) is 11.5 Å². The van der Waals surface area contributed by atoms with Gasteiger partial charge in [-0.25, -0.2) is 4.39 Å². The van der Waals surface area contributed by atoms with E-state index in [0.717, 1.165) is 18.2 Å². The van der Waals surface area contributed by atoms with Crippen LogP contribution in [-0.4, -0.2) is 25.0 Å². The van der Waals surface area contributed by atoms with E-state index in [2.05, 4.69) is 10.6 Å². The highest BCUT2D eigenvalue weighted by Gasteiger charge is 2.34. The number of alkyl halides is 3.